The van der Waals surface area contributed by atoms with Gasteiger partial charge in [-0.1, -0.05) is 17.7 Å². The minimum atomic E-state index is -0.934. The third-order valence-corrected chi connectivity index (χ3v) is 2.56. The van der Waals surface area contributed by atoms with Gasteiger partial charge in [0.25, 0.3) is 0 Å². The third-order valence-electron chi connectivity index (χ3n) is 2.32. The first-order valence-corrected chi connectivity index (χ1v) is 5.11. The normalized spacial score (nSPS) is 12.5. The van der Waals surface area contributed by atoms with Gasteiger partial charge in [0.2, 0.25) is 0 Å². The summed E-state index contributed by atoms with van der Waals surface area (Å²) in [6, 6.07) is 5.21. The van der Waals surface area contributed by atoms with Gasteiger partial charge >= 0.3 is 5.97 Å². The van der Waals surface area contributed by atoms with Crippen LogP contribution >= 0.6 is 11.6 Å². The molecule has 0 aliphatic heterocycles. The van der Waals surface area contributed by atoms with Crippen molar-refractivity contribution in [2.45, 2.75) is 19.4 Å². The standard InChI is InChI=1S/C11H14ClNO2/c1-7(13-2)5-8-3-4-9(12)6-10(8)11(14)15/h3-4,6-7,13H,5H2,1-2H3,(H,14,15). The Kier molecular flexibility index (Phi) is 4.12. The van der Waals surface area contributed by atoms with Crippen LogP contribution < -0.4 is 5.32 Å². The molecule has 1 aromatic carbocycles. The summed E-state index contributed by atoms with van der Waals surface area (Å²) >= 11 is 5.75. The lowest BCUT2D eigenvalue weighted by atomic mass is 10.0. The van der Waals surface area contributed by atoms with Gasteiger partial charge in [-0.2, -0.15) is 0 Å². The molecule has 15 heavy (non-hydrogen) atoms. The Hall–Kier alpha value is -1.06. The fourth-order valence-electron chi connectivity index (χ4n) is 1.36. The molecule has 0 aliphatic rings. The number of carboxylic acids is 1. The second-order valence-electron chi connectivity index (χ2n) is 3.50. The monoisotopic (exact) mass is 227 g/mol. The van der Waals surface area contributed by atoms with Gasteiger partial charge in [-0.15, -0.1) is 0 Å². The van der Waals surface area contributed by atoms with Crippen LogP contribution in [0.3, 0.4) is 0 Å². The summed E-state index contributed by atoms with van der Waals surface area (Å²) in [5, 5.41) is 12.5. The van der Waals surface area contributed by atoms with E-state index < -0.39 is 5.97 Å². The van der Waals surface area contributed by atoms with E-state index in [9.17, 15) is 4.79 Å². The molecule has 1 atom stereocenters. The molecule has 1 rings (SSSR count). The van der Waals surface area contributed by atoms with Crippen molar-refractivity contribution in [2.24, 2.45) is 0 Å². The van der Waals surface area contributed by atoms with E-state index in [1.54, 1.807) is 12.1 Å². The molecule has 1 aromatic rings. The first-order valence-electron chi connectivity index (χ1n) is 4.73. The number of hydrogen-bond acceptors (Lipinski definition) is 2. The van der Waals surface area contributed by atoms with Gasteiger partial charge in [-0.25, -0.2) is 4.79 Å². The summed E-state index contributed by atoms with van der Waals surface area (Å²) in [6.07, 6.45) is 0.676. The number of nitrogens with one attached hydrogen (secondary N) is 1. The number of carboxylic acid groups (broad SMARTS) is 1. The highest BCUT2D eigenvalue weighted by molar-refractivity contribution is 6.30. The Bertz CT molecular complexity index is 366. The average molecular weight is 228 g/mol. The number of hydrogen-bond donors (Lipinski definition) is 2. The lowest BCUT2D eigenvalue weighted by molar-refractivity contribution is 0.0695. The minimum Gasteiger partial charge on any atom is -0.478 e. The summed E-state index contributed by atoms with van der Waals surface area (Å²) in [5.74, 6) is -0.934. The van der Waals surface area contributed by atoms with Gasteiger partial charge < -0.3 is 10.4 Å². The Labute approximate surface area is 94.1 Å². The molecule has 0 spiro atoms. The van der Waals surface area contributed by atoms with Crippen molar-refractivity contribution in [2.75, 3.05) is 7.05 Å². The van der Waals surface area contributed by atoms with Crippen LogP contribution in [0.5, 0.6) is 0 Å². The van der Waals surface area contributed by atoms with Crippen LogP contribution in [0.25, 0.3) is 0 Å². The fraction of sp³-hybridized carbons (Fsp3) is 0.364. The third kappa shape index (κ3) is 3.22. The molecule has 0 fully saturated rings. The molecular weight excluding hydrogens is 214 g/mol. The van der Waals surface area contributed by atoms with E-state index in [1.807, 2.05) is 14.0 Å². The SMILES string of the molecule is CNC(C)Cc1ccc(Cl)cc1C(=O)O. The fourth-order valence-corrected chi connectivity index (χ4v) is 1.53. The number of rotatable bonds is 4. The van der Waals surface area contributed by atoms with E-state index in [2.05, 4.69) is 5.32 Å². The van der Waals surface area contributed by atoms with Gasteiger partial charge in [0.15, 0.2) is 0 Å². The maximum Gasteiger partial charge on any atom is 0.336 e. The van der Waals surface area contributed by atoms with E-state index in [0.717, 1.165) is 5.56 Å². The summed E-state index contributed by atoms with van der Waals surface area (Å²) in [6.45, 7) is 2.00. The number of benzene rings is 1. The van der Waals surface area contributed by atoms with Crippen LogP contribution in [0.1, 0.15) is 22.8 Å². The molecule has 0 heterocycles. The Balaban J connectivity index is 3.01. The van der Waals surface area contributed by atoms with E-state index >= 15 is 0 Å². The van der Waals surface area contributed by atoms with E-state index in [4.69, 9.17) is 16.7 Å². The molecule has 0 saturated carbocycles. The molecule has 0 radical (unpaired) electrons. The highest BCUT2D eigenvalue weighted by Crippen LogP contribution is 2.17. The number of carbonyl (C=O) groups is 1. The zero-order valence-electron chi connectivity index (χ0n) is 8.75. The second-order valence-corrected chi connectivity index (χ2v) is 3.94. The van der Waals surface area contributed by atoms with Gasteiger partial charge in [-0.3, -0.25) is 0 Å². The van der Waals surface area contributed by atoms with E-state index in [0.29, 0.717) is 11.4 Å². The summed E-state index contributed by atoms with van der Waals surface area (Å²) in [7, 11) is 1.85. The lowest BCUT2D eigenvalue weighted by Crippen LogP contribution is -2.24. The molecular formula is C11H14ClNO2. The maximum absolute atomic E-state index is 11.0. The smallest absolute Gasteiger partial charge is 0.336 e. The van der Waals surface area contributed by atoms with Crippen molar-refractivity contribution < 1.29 is 9.90 Å². The van der Waals surface area contributed by atoms with Crippen molar-refractivity contribution in [3.63, 3.8) is 0 Å². The Morgan fingerprint density at radius 2 is 2.27 bits per heavy atom. The lowest BCUT2D eigenvalue weighted by Gasteiger charge is -2.12. The molecule has 0 bridgehead atoms. The van der Waals surface area contributed by atoms with E-state index in [-0.39, 0.29) is 11.6 Å². The van der Waals surface area contributed by atoms with E-state index in [1.165, 1.54) is 6.07 Å². The van der Waals surface area contributed by atoms with Crippen LogP contribution in [-0.2, 0) is 6.42 Å². The zero-order valence-corrected chi connectivity index (χ0v) is 9.51. The molecule has 3 nitrogen and oxygen atoms in total. The minimum absolute atomic E-state index is 0.240. The predicted octanol–water partition coefficient (Wildman–Crippen LogP) is 2.19. The highest BCUT2D eigenvalue weighted by atomic mass is 35.5. The van der Waals surface area contributed by atoms with Crippen molar-refractivity contribution in [1.29, 1.82) is 0 Å². The molecule has 0 amide bonds. The molecule has 2 N–H and O–H groups in total. The van der Waals surface area contributed by atoms with Crippen LogP contribution in [0.2, 0.25) is 5.02 Å². The molecule has 0 aliphatic carbocycles. The molecule has 82 valence electrons. The van der Waals surface area contributed by atoms with Crippen LogP contribution in [0.4, 0.5) is 0 Å². The quantitative estimate of drug-likeness (QED) is 0.829. The van der Waals surface area contributed by atoms with Gasteiger partial charge in [0, 0.05) is 11.1 Å². The Morgan fingerprint density at radius 1 is 1.60 bits per heavy atom. The first-order chi connectivity index (χ1) is 7.04. The topological polar surface area (TPSA) is 49.3 Å². The van der Waals surface area contributed by atoms with Crippen molar-refractivity contribution in [3.05, 3.63) is 34.3 Å². The van der Waals surface area contributed by atoms with Gasteiger partial charge in [-0.05, 0) is 38.1 Å². The molecule has 0 aromatic heterocycles. The maximum atomic E-state index is 11.0. The molecule has 1 unspecified atom stereocenters. The number of halogens is 1. The Morgan fingerprint density at radius 3 is 2.80 bits per heavy atom. The predicted molar refractivity (Wildman–Crippen MR) is 60.6 cm³/mol. The molecule has 4 heteroatoms. The zero-order chi connectivity index (χ0) is 11.4. The molecule has 0 saturated heterocycles. The number of aromatic carboxylic acids is 1. The van der Waals surface area contributed by atoms with Gasteiger partial charge in [0.1, 0.15) is 0 Å². The average Bonchev–Trinajstić information content (AvgIpc) is 2.20. The van der Waals surface area contributed by atoms with Crippen LogP contribution in [0, 0.1) is 0 Å². The number of likely N-dealkylation sites (N-methyl/N-ethyl adjacent to an activating group) is 1. The van der Waals surface area contributed by atoms with Gasteiger partial charge in [0.05, 0.1) is 5.56 Å². The van der Waals surface area contributed by atoms with Crippen molar-refractivity contribution in [1.82, 2.24) is 5.32 Å². The highest BCUT2D eigenvalue weighted by Gasteiger charge is 2.12. The van der Waals surface area contributed by atoms with Crippen molar-refractivity contribution >= 4 is 17.6 Å². The largest absolute Gasteiger partial charge is 0.478 e. The van der Waals surface area contributed by atoms with Crippen molar-refractivity contribution in [3.8, 4) is 0 Å². The summed E-state index contributed by atoms with van der Waals surface area (Å²) < 4.78 is 0. The first kappa shape index (κ1) is 12.0. The second kappa shape index (κ2) is 5.14. The summed E-state index contributed by atoms with van der Waals surface area (Å²) in [5.41, 5.74) is 1.08. The van der Waals surface area contributed by atoms with Crippen LogP contribution in [-0.4, -0.2) is 24.2 Å². The summed E-state index contributed by atoms with van der Waals surface area (Å²) in [4.78, 5) is 11.0. The van der Waals surface area contributed by atoms with Crippen LogP contribution in [0.15, 0.2) is 18.2 Å².